The minimum atomic E-state index is -0.877. The van der Waals surface area contributed by atoms with Gasteiger partial charge in [0, 0.05) is 0 Å². The van der Waals surface area contributed by atoms with Crippen LogP contribution in [0.5, 0.6) is 11.5 Å². The van der Waals surface area contributed by atoms with Gasteiger partial charge in [0.1, 0.15) is 5.57 Å². The van der Waals surface area contributed by atoms with Crippen molar-refractivity contribution in [2.45, 2.75) is 0 Å². The Bertz CT molecular complexity index is 1100. The molecular formula is C20H15ClIN3O6. The van der Waals surface area contributed by atoms with Gasteiger partial charge in [-0.15, -0.1) is 0 Å². The molecule has 2 aromatic carbocycles. The Kier molecular flexibility index (Phi) is 7.13. The number of imide groups is 2. The van der Waals surface area contributed by atoms with Gasteiger partial charge in [0.2, 0.25) is 0 Å². The number of anilines is 1. The summed E-state index contributed by atoms with van der Waals surface area (Å²) in [5.41, 5.74) is 0.693. The van der Waals surface area contributed by atoms with E-state index in [1.807, 2.05) is 33.2 Å². The summed E-state index contributed by atoms with van der Waals surface area (Å²) in [6.07, 6.45) is 1.32. The summed E-state index contributed by atoms with van der Waals surface area (Å²) < 4.78 is 11.5. The molecule has 2 aromatic rings. The van der Waals surface area contributed by atoms with Gasteiger partial charge in [0.15, 0.2) is 18.1 Å². The second-order valence-electron chi connectivity index (χ2n) is 6.15. The van der Waals surface area contributed by atoms with Crippen LogP contribution >= 0.6 is 34.2 Å². The van der Waals surface area contributed by atoms with E-state index in [1.165, 1.54) is 19.3 Å². The molecule has 1 aliphatic rings. The Balaban J connectivity index is 1.77. The van der Waals surface area contributed by atoms with E-state index < -0.39 is 23.8 Å². The molecule has 0 unspecified atom stereocenters. The first-order valence-corrected chi connectivity index (χ1v) is 10.2. The van der Waals surface area contributed by atoms with Crippen LogP contribution in [0.4, 0.5) is 10.5 Å². The highest BCUT2D eigenvalue weighted by atomic mass is 127. The number of nitrogens with one attached hydrogen (secondary N) is 3. The Morgan fingerprint density at radius 2 is 1.84 bits per heavy atom. The summed E-state index contributed by atoms with van der Waals surface area (Å²) in [6.45, 7) is -0.301. The van der Waals surface area contributed by atoms with E-state index >= 15 is 0 Å². The van der Waals surface area contributed by atoms with Crippen LogP contribution in [0, 0.1) is 3.57 Å². The summed E-state index contributed by atoms with van der Waals surface area (Å²) in [7, 11) is 1.41. The first-order valence-electron chi connectivity index (χ1n) is 8.71. The molecule has 3 N–H and O–H groups in total. The third-order valence-corrected chi connectivity index (χ3v) is 5.13. The number of methoxy groups -OCH3 is 1. The van der Waals surface area contributed by atoms with Crippen LogP contribution < -0.4 is 25.4 Å². The van der Waals surface area contributed by atoms with Crippen LogP contribution in [0.1, 0.15) is 5.56 Å². The van der Waals surface area contributed by atoms with Crippen molar-refractivity contribution in [2.75, 3.05) is 19.0 Å². The number of carbonyl (C=O) groups is 4. The molecule has 0 aromatic heterocycles. The van der Waals surface area contributed by atoms with Crippen molar-refractivity contribution in [1.82, 2.24) is 10.6 Å². The molecule has 0 atom stereocenters. The Labute approximate surface area is 195 Å². The monoisotopic (exact) mass is 555 g/mol. The lowest BCUT2D eigenvalue weighted by atomic mass is 10.1. The second-order valence-corrected chi connectivity index (χ2v) is 7.72. The Hall–Kier alpha value is -3.12. The lowest BCUT2D eigenvalue weighted by Gasteiger charge is -2.16. The zero-order valence-corrected chi connectivity index (χ0v) is 18.9. The van der Waals surface area contributed by atoms with Crippen molar-refractivity contribution in [2.24, 2.45) is 0 Å². The quantitative estimate of drug-likeness (QED) is 0.286. The molecule has 160 valence electrons. The molecule has 0 spiro atoms. The number of urea groups is 1. The van der Waals surface area contributed by atoms with Crippen molar-refractivity contribution in [3.63, 3.8) is 0 Å². The SMILES string of the molecule is COc1cc(C=C2C(=O)NC(=O)NC2=O)cc(I)c1OCC(=O)Nc1ccccc1Cl. The molecule has 1 heterocycles. The second kappa shape index (κ2) is 9.79. The fourth-order valence-corrected chi connectivity index (χ4v) is 3.59. The number of para-hydroxylation sites is 1. The molecule has 0 aliphatic carbocycles. The van der Waals surface area contributed by atoms with Gasteiger partial charge < -0.3 is 14.8 Å². The zero-order valence-electron chi connectivity index (χ0n) is 16.0. The number of halogens is 2. The fraction of sp³-hybridized carbons (Fsp3) is 0.100. The molecule has 1 fully saturated rings. The number of hydrogen-bond acceptors (Lipinski definition) is 6. The number of benzene rings is 2. The largest absolute Gasteiger partial charge is 0.493 e. The van der Waals surface area contributed by atoms with Crippen LogP contribution in [0.3, 0.4) is 0 Å². The lowest BCUT2D eigenvalue weighted by molar-refractivity contribution is -0.124. The van der Waals surface area contributed by atoms with Crippen LogP contribution in [-0.2, 0) is 14.4 Å². The summed E-state index contributed by atoms with van der Waals surface area (Å²) in [6, 6.07) is 9.10. The highest BCUT2D eigenvalue weighted by molar-refractivity contribution is 14.1. The van der Waals surface area contributed by atoms with Crippen LogP contribution in [0.15, 0.2) is 42.0 Å². The maximum absolute atomic E-state index is 12.2. The number of amides is 5. The predicted molar refractivity (Wildman–Crippen MR) is 121 cm³/mol. The van der Waals surface area contributed by atoms with Crippen LogP contribution in [0.2, 0.25) is 5.02 Å². The van der Waals surface area contributed by atoms with Gasteiger partial charge in [-0.05, 0) is 58.5 Å². The predicted octanol–water partition coefficient (Wildman–Crippen LogP) is 2.72. The third kappa shape index (κ3) is 5.52. The fourth-order valence-electron chi connectivity index (χ4n) is 2.62. The minimum absolute atomic E-state index is 0.231. The molecule has 0 saturated carbocycles. The highest BCUT2D eigenvalue weighted by Gasteiger charge is 2.28. The minimum Gasteiger partial charge on any atom is -0.493 e. The summed E-state index contributed by atoms with van der Waals surface area (Å²) in [5, 5.41) is 7.05. The molecule has 1 saturated heterocycles. The first-order chi connectivity index (χ1) is 14.8. The number of hydrogen-bond donors (Lipinski definition) is 3. The summed E-state index contributed by atoms with van der Waals surface area (Å²) >= 11 is 8.00. The average molecular weight is 556 g/mol. The molecule has 1 aliphatic heterocycles. The normalized spacial score (nSPS) is 13.3. The van der Waals surface area contributed by atoms with E-state index in [0.717, 1.165) is 0 Å². The molecular weight excluding hydrogens is 541 g/mol. The van der Waals surface area contributed by atoms with Crippen LogP contribution in [0.25, 0.3) is 6.08 Å². The van der Waals surface area contributed by atoms with Gasteiger partial charge in [-0.3, -0.25) is 25.0 Å². The van der Waals surface area contributed by atoms with E-state index in [9.17, 15) is 19.2 Å². The smallest absolute Gasteiger partial charge is 0.328 e. The van der Waals surface area contributed by atoms with E-state index in [4.69, 9.17) is 21.1 Å². The van der Waals surface area contributed by atoms with Gasteiger partial charge in [0.25, 0.3) is 17.7 Å². The number of ether oxygens (including phenoxy) is 2. The van der Waals surface area contributed by atoms with Crippen molar-refractivity contribution in [1.29, 1.82) is 0 Å². The van der Waals surface area contributed by atoms with Crippen LogP contribution in [-0.4, -0.2) is 37.5 Å². The van der Waals surface area contributed by atoms with Crippen molar-refractivity contribution in [3.05, 3.63) is 56.1 Å². The molecule has 31 heavy (non-hydrogen) atoms. The summed E-state index contributed by atoms with van der Waals surface area (Å²) in [4.78, 5) is 47.2. The van der Waals surface area contributed by atoms with Gasteiger partial charge in [-0.2, -0.15) is 0 Å². The van der Waals surface area contributed by atoms with Gasteiger partial charge in [-0.25, -0.2) is 4.79 Å². The molecule has 0 bridgehead atoms. The number of barbiturate groups is 1. The Morgan fingerprint density at radius 3 is 2.48 bits per heavy atom. The van der Waals surface area contributed by atoms with E-state index in [2.05, 4.69) is 5.32 Å². The lowest BCUT2D eigenvalue weighted by Crippen LogP contribution is -2.51. The van der Waals surface area contributed by atoms with Crippen molar-refractivity contribution < 1.29 is 28.7 Å². The topological polar surface area (TPSA) is 123 Å². The van der Waals surface area contributed by atoms with Gasteiger partial charge in [0.05, 0.1) is 21.4 Å². The Morgan fingerprint density at radius 1 is 1.16 bits per heavy atom. The van der Waals surface area contributed by atoms with E-state index in [1.54, 1.807) is 30.3 Å². The van der Waals surface area contributed by atoms with Gasteiger partial charge >= 0.3 is 6.03 Å². The molecule has 3 rings (SSSR count). The number of carbonyl (C=O) groups excluding carboxylic acids is 4. The number of rotatable bonds is 6. The first kappa shape index (κ1) is 22.6. The van der Waals surface area contributed by atoms with Gasteiger partial charge in [-0.1, -0.05) is 23.7 Å². The summed E-state index contributed by atoms with van der Waals surface area (Å²) in [5.74, 6) is -1.43. The standard InChI is InChI=1S/C20H15ClIN3O6/c1-30-15-8-10(6-11-18(27)24-20(29)25-19(11)28)7-13(22)17(15)31-9-16(26)23-14-5-3-2-4-12(14)21/h2-8H,9H2,1H3,(H,23,26)(H2,24,25,27,28,29). The van der Waals surface area contributed by atoms with E-state index in [-0.39, 0.29) is 17.9 Å². The molecule has 5 amide bonds. The maximum Gasteiger partial charge on any atom is 0.328 e. The molecule has 11 heteroatoms. The average Bonchev–Trinajstić information content (AvgIpc) is 2.71. The molecule has 9 nitrogen and oxygen atoms in total. The molecule has 0 radical (unpaired) electrons. The van der Waals surface area contributed by atoms with Crippen molar-refractivity contribution >= 4 is 69.7 Å². The highest BCUT2D eigenvalue weighted by Crippen LogP contribution is 2.35. The van der Waals surface area contributed by atoms with Crippen molar-refractivity contribution in [3.8, 4) is 11.5 Å². The zero-order chi connectivity index (χ0) is 22.5. The third-order valence-electron chi connectivity index (χ3n) is 4.00. The maximum atomic E-state index is 12.2. The van der Waals surface area contributed by atoms with E-state index in [0.29, 0.717) is 25.6 Å².